The highest BCUT2D eigenvalue weighted by molar-refractivity contribution is 7.18. The van der Waals surface area contributed by atoms with E-state index in [1.807, 2.05) is 12.1 Å². The van der Waals surface area contributed by atoms with Crippen molar-refractivity contribution in [2.45, 2.75) is 0 Å². The lowest BCUT2D eigenvalue weighted by molar-refractivity contribution is 1.41. The van der Waals surface area contributed by atoms with Crippen molar-refractivity contribution in [3.05, 3.63) is 34.4 Å². The third-order valence-corrected chi connectivity index (χ3v) is 2.95. The number of hydrogen-bond acceptors (Lipinski definition) is 3. The van der Waals surface area contributed by atoms with Crippen LogP contribution in [0, 0.1) is 0 Å². The minimum Gasteiger partial charge on any atom is -0.389 e. The third-order valence-electron chi connectivity index (χ3n) is 1.63. The van der Waals surface area contributed by atoms with E-state index in [1.165, 1.54) is 11.3 Å². The fourth-order valence-electron chi connectivity index (χ4n) is 1.10. The highest BCUT2D eigenvalue weighted by atomic mass is 35.5. The smallest absolute Gasteiger partial charge is 0.125 e. The number of halogens is 2. The first kappa shape index (κ1) is 9.77. The summed E-state index contributed by atoms with van der Waals surface area (Å²) < 4.78 is 0. The second-order valence-electron chi connectivity index (χ2n) is 2.73. The molecule has 14 heavy (non-hydrogen) atoms. The predicted octanol–water partition coefficient (Wildman–Crippen LogP) is 3.70. The maximum absolute atomic E-state index is 5.87. The van der Waals surface area contributed by atoms with E-state index in [4.69, 9.17) is 28.9 Å². The molecule has 0 saturated heterocycles. The average molecular weight is 245 g/mol. The summed E-state index contributed by atoms with van der Waals surface area (Å²) in [6.07, 6.45) is 1.62. The Morgan fingerprint density at radius 2 is 1.79 bits per heavy atom. The second kappa shape index (κ2) is 3.77. The molecule has 0 aliphatic carbocycles. The van der Waals surface area contributed by atoms with Crippen LogP contribution in [0.5, 0.6) is 0 Å². The van der Waals surface area contributed by atoms with Crippen LogP contribution in [0.25, 0.3) is 10.6 Å². The van der Waals surface area contributed by atoms with Gasteiger partial charge in [-0.15, -0.1) is 0 Å². The molecule has 0 radical (unpaired) electrons. The number of rotatable bonds is 1. The first-order valence-electron chi connectivity index (χ1n) is 3.83. The lowest BCUT2D eigenvalue weighted by Gasteiger charge is -1.98. The summed E-state index contributed by atoms with van der Waals surface area (Å²) >= 11 is 13.1. The first-order valence-corrected chi connectivity index (χ1v) is 5.40. The Morgan fingerprint density at radius 1 is 1.14 bits per heavy atom. The molecule has 0 bridgehead atoms. The van der Waals surface area contributed by atoms with Crippen molar-refractivity contribution in [3.8, 4) is 10.6 Å². The van der Waals surface area contributed by atoms with E-state index in [0.717, 1.165) is 10.6 Å². The number of aromatic nitrogens is 1. The minimum absolute atomic E-state index is 0.598. The molecule has 1 aromatic carbocycles. The SMILES string of the molecule is Nc1cnc(-c2cc(Cl)cc(Cl)c2)s1. The van der Waals surface area contributed by atoms with Crippen LogP contribution in [-0.2, 0) is 0 Å². The van der Waals surface area contributed by atoms with Gasteiger partial charge in [0.1, 0.15) is 10.0 Å². The zero-order valence-corrected chi connectivity index (χ0v) is 9.33. The van der Waals surface area contributed by atoms with Crippen LogP contribution in [0.4, 0.5) is 5.00 Å². The molecule has 72 valence electrons. The molecule has 5 heteroatoms. The van der Waals surface area contributed by atoms with Gasteiger partial charge in [-0.2, -0.15) is 0 Å². The number of benzene rings is 1. The van der Waals surface area contributed by atoms with Gasteiger partial charge >= 0.3 is 0 Å². The van der Waals surface area contributed by atoms with Crippen molar-refractivity contribution in [2.75, 3.05) is 5.73 Å². The van der Waals surface area contributed by atoms with Gasteiger partial charge in [-0.05, 0) is 18.2 Å². The Labute approximate surface area is 95.3 Å². The molecule has 0 atom stereocenters. The first-order chi connectivity index (χ1) is 6.65. The molecule has 0 saturated carbocycles. The molecule has 1 aromatic heterocycles. The van der Waals surface area contributed by atoms with E-state index in [1.54, 1.807) is 12.3 Å². The highest BCUT2D eigenvalue weighted by Gasteiger charge is 2.04. The summed E-state index contributed by atoms with van der Waals surface area (Å²) in [6.45, 7) is 0. The summed E-state index contributed by atoms with van der Waals surface area (Å²) in [4.78, 5) is 4.14. The van der Waals surface area contributed by atoms with Crippen LogP contribution in [0.1, 0.15) is 0 Å². The lowest BCUT2D eigenvalue weighted by atomic mass is 10.2. The molecule has 2 rings (SSSR count). The van der Waals surface area contributed by atoms with Crippen LogP contribution in [0.15, 0.2) is 24.4 Å². The van der Waals surface area contributed by atoms with Crippen molar-refractivity contribution >= 4 is 39.5 Å². The standard InChI is InChI=1S/C9H6Cl2N2S/c10-6-1-5(2-7(11)3-6)9-13-4-8(12)14-9/h1-4H,12H2. The van der Waals surface area contributed by atoms with Crippen LogP contribution >= 0.6 is 34.5 Å². The highest BCUT2D eigenvalue weighted by Crippen LogP contribution is 2.30. The Hall–Kier alpha value is -0.770. The van der Waals surface area contributed by atoms with E-state index in [-0.39, 0.29) is 0 Å². The van der Waals surface area contributed by atoms with Gasteiger partial charge in [0, 0.05) is 15.6 Å². The van der Waals surface area contributed by atoms with Crippen molar-refractivity contribution in [1.82, 2.24) is 4.98 Å². The number of hydrogen-bond donors (Lipinski definition) is 1. The van der Waals surface area contributed by atoms with Crippen molar-refractivity contribution in [3.63, 3.8) is 0 Å². The van der Waals surface area contributed by atoms with Gasteiger partial charge in [0.25, 0.3) is 0 Å². The topological polar surface area (TPSA) is 38.9 Å². The number of nitrogen functional groups attached to an aromatic ring is 1. The molecule has 0 spiro atoms. The van der Waals surface area contributed by atoms with Crippen LogP contribution in [0.3, 0.4) is 0 Å². The normalized spacial score (nSPS) is 10.4. The fraction of sp³-hybridized carbons (Fsp3) is 0. The fourth-order valence-corrected chi connectivity index (χ4v) is 2.29. The van der Waals surface area contributed by atoms with Crippen molar-refractivity contribution in [2.24, 2.45) is 0 Å². The van der Waals surface area contributed by atoms with E-state index >= 15 is 0 Å². The molecule has 0 aliphatic rings. The van der Waals surface area contributed by atoms with Gasteiger partial charge in [-0.3, -0.25) is 0 Å². The van der Waals surface area contributed by atoms with E-state index in [0.29, 0.717) is 15.0 Å². The molecule has 0 amide bonds. The zero-order valence-electron chi connectivity index (χ0n) is 7.00. The maximum atomic E-state index is 5.87. The monoisotopic (exact) mass is 244 g/mol. The Balaban J connectivity index is 2.51. The van der Waals surface area contributed by atoms with Gasteiger partial charge < -0.3 is 5.73 Å². The van der Waals surface area contributed by atoms with Crippen molar-refractivity contribution < 1.29 is 0 Å². The summed E-state index contributed by atoms with van der Waals surface area (Å²) in [5, 5.41) is 2.70. The largest absolute Gasteiger partial charge is 0.389 e. The number of nitrogens with zero attached hydrogens (tertiary/aromatic N) is 1. The molecule has 0 unspecified atom stereocenters. The van der Waals surface area contributed by atoms with Gasteiger partial charge in [0.15, 0.2) is 0 Å². The minimum atomic E-state index is 0.598. The number of nitrogens with two attached hydrogens (primary N) is 1. The van der Waals surface area contributed by atoms with Gasteiger partial charge in [0.2, 0.25) is 0 Å². The van der Waals surface area contributed by atoms with Crippen molar-refractivity contribution in [1.29, 1.82) is 0 Å². The molecule has 2 nitrogen and oxygen atoms in total. The summed E-state index contributed by atoms with van der Waals surface area (Å²) in [7, 11) is 0. The number of thiazole rings is 1. The second-order valence-corrected chi connectivity index (χ2v) is 4.66. The quantitative estimate of drug-likeness (QED) is 0.831. The van der Waals surface area contributed by atoms with E-state index in [2.05, 4.69) is 4.98 Å². The Kier molecular flexibility index (Phi) is 2.63. The molecule has 2 N–H and O–H groups in total. The summed E-state index contributed by atoms with van der Waals surface area (Å²) in [5.74, 6) is 0. The summed E-state index contributed by atoms with van der Waals surface area (Å²) in [6, 6.07) is 5.31. The zero-order chi connectivity index (χ0) is 10.1. The Bertz CT molecular complexity index is 447. The van der Waals surface area contributed by atoms with Crippen LogP contribution < -0.4 is 5.73 Å². The average Bonchev–Trinajstić information content (AvgIpc) is 2.50. The number of anilines is 1. The van der Waals surface area contributed by atoms with E-state index in [9.17, 15) is 0 Å². The molecule has 1 heterocycles. The van der Waals surface area contributed by atoms with E-state index < -0.39 is 0 Å². The molecule has 0 fully saturated rings. The maximum Gasteiger partial charge on any atom is 0.125 e. The van der Waals surface area contributed by atoms with Gasteiger partial charge in [0.05, 0.1) is 6.20 Å². The molecule has 0 aliphatic heterocycles. The molecule has 2 aromatic rings. The van der Waals surface area contributed by atoms with Crippen LogP contribution in [0.2, 0.25) is 10.0 Å². The summed E-state index contributed by atoms with van der Waals surface area (Å²) in [5.41, 5.74) is 6.47. The van der Waals surface area contributed by atoms with Crippen LogP contribution in [-0.4, -0.2) is 4.98 Å². The predicted molar refractivity (Wildman–Crippen MR) is 62.0 cm³/mol. The Morgan fingerprint density at radius 3 is 2.29 bits per heavy atom. The molecular weight excluding hydrogens is 239 g/mol. The van der Waals surface area contributed by atoms with Gasteiger partial charge in [-0.1, -0.05) is 34.5 Å². The van der Waals surface area contributed by atoms with Gasteiger partial charge in [-0.25, -0.2) is 4.98 Å². The molecular formula is C9H6Cl2N2S. The lowest BCUT2D eigenvalue weighted by Crippen LogP contribution is -1.75. The third kappa shape index (κ3) is 2.00.